The molecule has 0 saturated heterocycles. The van der Waals surface area contributed by atoms with Crippen LogP contribution in [0.25, 0.3) is 6.08 Å². The molecule has 9 heteroatoms. The maximum atomic E-state index is 11.3. The van der Waals surface area contributed by atoms with Gasteiger partial charge < -0.3 is 30.3 Å². The van der Waals surface area contributed by atoms with Gasteiger partial charge in [0.1, 0.15) is 17.2 Å². The highest BCUT2D eigenvalue weighted by atomic mass is 16.5. The SMILES string of the molecule is CCC(=Cc1ccccc1O)C(=O)O.CCCCOC(=O)Cc1ccc(O)cc1.O=C(O)Cc1ccc(O)cc1. The monoisotopic (exact) mass is 552 g/mol. The van der Waals surface area contributed by atoms with Crippen LogP contribution in [0.1, 0.15) is 49.8 Å². The second-order valence-electron chi connectivity index (χ2n) is 8.54. The van der Waals surface area contributed by atoms with Crippen LogP contribution in [0.15, 0.2) is 78.4 Å². The molecular formula is C31H36O9. The molecule has 0 atom stereocenters. The van der Waals surface area contributed by atoms with Crippen molar-refractivity contribution in [3.8, 4) is 17.2 Å². The topological polar surface area (TPSA) is 162 Å². The van der Waals surface area contributed by atoms with Gasteiger partial charge in [0.2, 0.25) is 0 Å². The van der Waals surface area contributed by atoms with Crippen molar-refractivity contribution in [2.75, 3.05) is 6.61 Å². The molecule has 0 fully saturated rings. The number of aromatic hydroxyl groups is 3. The van der Waals surface area contributed by atoms with Crippen molar-refractivity contribution < 1.29 is 44.7 Å². The molecule has 0 bridgehead atoms. The van der Waals surface area contributed by atoms with Gasteiger partial charge in [0, 0.05) is 11.1 Å². The average molecular weight is 553 g/mol. The van der Waals surface area contributed by atoms with Crippen molar-refractivity contribution in [2.24, 2.45) is 0 Å². The van der Waals surface area contributed by atoms with Gasteiger partial charge in [-0.3, -0.25) is 9.59 Å². The number of rotatable bonds is 10. The predicted molar refractivity (Wildman–Crippen MR) is 151 cm³/mol. The number of esters is 1. The summed E-state index contributed by atoms with van der Waals surface area (Å²) >= 11 is 0. The highest BCUT2D eigenvalue weighted by Crippen LogP contribution is 2.20. The van der Waals surface area contributed by atoms with E-state index in [1.807, 2.05) is 6.92 Å². The summed E-state index contributed by atoms with van der Waals surface area (Å²) in [4.78, 5) is 32.2. The van der Waals surface area contributed by atoms with Crippen molar-refractivity contribution >= 4 is 24.0 Å². The molecule has 0 saturated carbocycles. The summed E-state index contributed by atoms with van der Waals surface area (Å²) in [5.74, 6) is -1.57. The number of phenols is 3. The molecule has 3 rings (SSSR count). The van der Waals surface area contributed by atoms with E-state index in [4.69, 9.17) is 25.2 Å². The molecule has 40 heavy (non-hydrogen) atoms. The van der Waals surface area contributed by atoms with Crippen LogP contribution in [-0.4, -0.2) is 50.0 Å². The molecule has 0 aliphatic heterocycles. The number of hydrogen-bond donors (Lipinski definition) is 5. The Labute approximate surface area is 233 Å². The first kappa shape index (κ1) is 33.2. The molecule has 0 amide bonds. The Kier molecular flexibility index (Phi) is 15.3. The Balaban J connectivity index is 0.000000304. The number of benzene rings is 3. The van der Waals surface area contributed by atoms with E-state index in [1.54, 1.807) is 61.5 Å². The molecule has 9 nitrogen and oxygen atoms in total. The molecule has 214 valence electrons. The van der Waals surface area contributed by atoms with Gasteiger partial charge in [-0.05, 0) is 60.4 Å². The first-order valence-electron chi connectivity index (χ1n) is 12.7. The molecule has 5 N–H and O–H groups in total. The van der Waals surface area contributed by atoms with Gasteiger partial charge in [-0.25, -0.2) is 4.79 Å². The fourth-order valence-electron chi connectivity index (χ4n) is 3.06. The fraction of sp³-hybridized carbons (Fsp3) is 0.258. The number of hydrogen-bond acceptors (Lipinski definition) is 7. The van der Waals surface area contributed by atoms with Crippen molar-refractivity contribution in [1.29, 1.82) is 0 Å². The lowest BCUT2D eigenvalue weighted by atomic mass is 10.1. The molecule has 0 aliphatic rings. The third-order valence-electron chi connectivity index (χ3n) is 5.26. The zero-order valence-corrected chi connectivity index (χ0v) is 22.6. The van der Waals surface area contributed by atoms with Crippen molar-refractivity contribution in [2.45, 2.75) is 46.0 Å². The highest BCUT2D eigenvalue weighted by molar-refractivity contribution is 5.92. The number of carbonyl (C=O) groups is 3. The number of para-hydroxylation sites is 1. The normalized spacial score (nSPS) is 10.3. The van der Waals surface area contributed by atoms with Crippen LogP contribution in [0.3, 0.4) is 0 Å². The van der Waals surface area contributed by atoms with E-state index in [9.17, 15) is 19.5 Å². The van der Waals surface area contributed by atoms with Crippen molar-refractivity contribution in [3.05, 3.63) is 95.1 Å². The molecule has 0 aliphatic carbocycles. The van der Waals surface area contributed by atoms with Gasteiger partial charge in [0.25, 0.3) is 0 Å². The smallest absolute Gasteiger partial charge is 0.331 e. The minimum atomic E-state index is -0.948. The third kappa shape index (κ3) is 14.2. The number of phenolic OH excluding ortho intramolecular Hbond substituents is 3. The minimum Gasteiger partial charge on any atom is -0.508 e. The van der Waals surface area contributed by atoms with E-state index in [0.29, 0.717) is 24.2 Å². The van der Waals surface area contributed by atoms with Crippen LogP contribution >= 0.6 is 0 Å². The van der Waals surface area contributed by atoms with Gasteiger partial charge in [0.05, 0.1) is 19.4 Å². The van der Waals surface area contributed by atoms with Crippen LogP contribution in [0.5, 0.6) is 17.2 Å². The summed E-state index contributed by atoms with van der Waals surface area (Å²) in [5, 5.41) is 44.4. The van der Waals surface area contributed by atoms with E-state index >= 15 is 0 Å². The molecule has 0 spiro atoms. The fourth-order valence-corrected chi connectivity index (χ4v) is 3.06. The zero-order valence-electron chi connectivity index (χ0n) is 22.6. The second kappa shape index (κ2) is 18.5. The van der Waals surface area contributed by atoms with Crippen LogP contribution in [0.2, 0.25) is 0 Å². The van der Waals surface area contributed by atoms with Crippen LogP contribution in [0.4, 0.5) is 0 Å². The Morgan fingerprint density at radius 3 is 1.73 bits per heavy atom. The first-order chi connectivity index (χ1) is 19.0. The first-order valence-corrected chi connectivity index (χ1v) is 12.7. The molecule has 0 heterocycles. The zero-order chi connectivity index (χ0) is 29.9. The van der Waals surface area contributed by atoms with Gasteiger partial charge in [-0.1, -0.05) is 62.7 Å². The lowest BCUT2D eigenvalue weighted by Crippen LogP contribution is -2.08. The number of carboxylic acid groups (broad SMARTS) is 2. The number of aliphatic carboxylic acids is 2. The Morgan fingerprint density at radius 2 is 1.27 bits per heavy atom. The summed E-state index contributed by atoms with van der Waals surface area (Å²) in [7, 11) is 0. The van der Waals surface area contributed by atoms with E-state index in [1.165, 1.54) is 24.3 Å². The molecule has 0 unspecified atom stereocenters. The van der Waals surface area contributed by atoms with Gasteiger partial charge >= 0.3 is 17.9 Å². The highest BCUT2D eigenvalue weighted by Gasteiger charge is 2.06. The maximum absolute atomic E-state index is 11.3. The van der Waals surface area contributed by atoms with Gasteiger partial charge in [0.15, 0.2) is 0 Å². The van der Waals surface area contributed by atoms with Crippen LogP contribution < -0.4 is 0 Å². The Bertz CT molecular complexity index is 1230. The number of carboxylic acids is 2. The number of ether oxygens (including phenoxy) is 1. The van der Waals surface area contributed by atoms with E-state index in [0.717, 1.165) is 18.4 Å². The summed E-state index contributed by atoms with van der Waals surface area (Å²) in [6.07, 6.45) is 4.11. The Morgan fingerprint density at radius 1 is 0.750 bits per heavy atom. The molecule has 0 radical (unpaired) electrons. The lowest BCUT2D eigenvalue weighted by molar-refractivity contribution is -0.143. The molecule has 3 aromatic rings. The number of unbranched alkanes of at least 4 members (excludes halogenated alkanes) is 1. The van der Waals surface area contributed by atoms with Gasteiger partial charge in [-0.2, -0.15) is 0 Å². The largest absolute Gasteiger partial charge is 0.508 e. The minimum absolute atomic E-state index is 0.000278. The summed E-state index contributed by atoms with van der Waals surface area (Å²) in [6, 6.07) is 19.3. The standard InChI is InChI=1S/C12H16O3.C11H12O3.C8H8O3/c1-2-3-8-15-12(14)9-10-4-6-11(13)7-5-10;1-2-8(11(13)14)7-9-5-3-4-6-10(9)12;9-7-3-1-6(2-4-7)5-8(10)11/h4-7,13H,2-3,8-9H2,1H3;3-7,12H,2H2,1H3,(H,13,14);1-4,9H,5H2,(H,10,11). The molecule has 3 aromatic carbocycles. The van der Waals surface area contributed by atoms with Crippen molar-refractivity contribution in [3.63, 3.8) is 0 Å². The van der Waals surface area contributed by atoms with Crippen molar-refractivity contribution in [1.82, 2.24) is 0 Å². The lowest BCUT2D eigenvalue weighted by Gasteiger charge is -2.03. The average Bonchev–Trinajstić information content (AvgIpc) is 2.91. The van der Waals surface area contributed by atoms with Crippen LogP contribution in [-0.2, 0) is 32.0 Å². The summed E-state index contributed by atoms with van der Waals surface area (Å²) in [6.45, 7) is 4.31. The predicted octanol–water partition coefficient (Wildman–Crippen LogP) is 5.57. The van der Waals surface area contributed by atoms with E-state index in [2.05, 4.69) is 0 Å². The van der Waals surface area contributed by atoms with E-state index < -0.39 is 11.9 Å². The maximum Gasteiger partial charge on any atom is 0.331 e. The molecular weight excluding hydrogens is 516 g/mol. The van der Waals surface area contributed by atoms with Crippen LogP contribution in [0, 0.1) is 0 Å². The molecule has 0 aromatic heterocycles. The second-order valence-corrected chi connectivity index (χ2v) is 8.54. The summed E-state index contributed by atoms with van der Waals surface area (Å²) in [5.41, 5.74) is 2.36. The van der Waals surface area contributed by atoms with Gasteiger partial charge in [-0.15, -0.1) is 0 Å². The quantitative estimate of drug-likeness (QED) is 0.123. The Hall–Kier alpha value is -4.79. The summed E-state index contributed by atoms with van der Waals surface area (Å²) < 4.78 is 5.02. The number of carbonyl (C=O) groups excluding carboxylic acids is 1. The third-order valence-corrected chi connectivity index (χ3v) is 5.26. The van der Waals surface area contributed by atoms with E-state index in [-0.39, 0.29) is 41.6 Å².